The third-order valence-corrected chi connectivity index (χ3v) is 7.66. The van der Waals surface area contributed by atoms with Gasteiger partial charge in [-0.25, -0.2) is 13.2 Å². The van der Waals surface area contributed by atoms with E-state index in [1.165, 1.54) is 6.92 Å². The predicted molar refractivity (Wildman–Crippen MR) is 108 cm³/mol. The summed E-state index contributed by atoms with van der Waals surface area (Å²) in [6.07, 6.45) is 0.935. The third kappa shape index (κ3) is 4.04. The van der Waals surface area contributed by atoms with Crippen molar-refractivity contribution in [2.75, 3.05) is 0 Å². The number of fused-ring (bicyclic) bond motifs is 2. The Bertz CT molecular complexity index is 904. The highest BCUT2D eigenvalue weighted by molar-refractivity contribution is 6.30. The number of amides is 2. The van der Waals surface area contributed by atoms with Crippen molar-refractivity contribution >= 4 is 23.4 Å². The molecule has 3 aliphatic carbocycles. The van der Waals surface area contributed by atoms with Crippen molar-refractivity contribution in [3.8, 4) is 0 Å². The van der Waals surface area contributed by atoms with Crippen molar-refractivity contribution in [1.29, 1.82) is 0 Å². The van der Waals surface area contributed by atoms with E-state index >= 15 is 0 Å². The summed E-state index contributed by atoms with van der Waals surface area (Å²) in [7, 11) is 0. The van der Waals surface area contributed by atoms with Crippen LogP contribution in [0.1, 0.15) is 63.5 Å². The number of hydrogen-bond donors (Lipinski definition) is 3. The molecule has 2 amide bonds. The summed E-state index contributed by atoms with van der Waals surface area (Å²) in [5.74, 6) is -3.23. The number of aliphatic hydroxyl groups is 1. The molecule has 0 heterocycles. The fraction of sp³-hybridized carbons (Fsp3) is 0.636. The molecule has 0 aromatic heterocycles. The SMILES string of the molecule is CC(=O)N[C@H]1C[C@H](C(=O)NC(c2c(F)ccc(Cl)c2F)C23CCC(F)(CC2)C3)C[C@@H]1O. The third-order valence-electron chi connectivity index (χ3n) is 7.37. The van der Waals surface area contributed by atoms with Gasteiger partial charge in [0.15, 0.2) is 0 Å². The first-order valence-electron chi connectivity index (χ1n) is 10.6. The molecule has 170 valence electrons. The number of nitrogens with one attached hydrogen (secondary N) is 2. The van der Waals surface area contributed by atoms with Crippen molar-refractivity contribution in [2.45, 2.75) is 75.7 Å². The van der Waals surface area contributed by atoms with Crippen LogP contribution in [-0.2, 0) is 9.59 Å². The molecular formula is C22H26ClF3N2O3. The molecule has 0 spiro atoms. The molecule has 4 atom stereocenters. The summed E-state index contributed by atoms with van der Waals surface area (Å²) in [4.78, 5) is 24.4. The lowest BCUT2D eigenvalue weighted by Gasteiger charge is -2.37. The van der Waals surface area contributed by atoms with Crippen molar-refractivity contribution in [3.05, 3.63) is 34.4 Å². The molecule has 3 fully saturated rings. The van der Waals surface area contributed by atoms with Gasteiger partial charge in [-0.1, -0.05) is 11.6 Å². The van der Waals surface area contributed by atoms with Gasteiger partial charge < -0.3 is 15.7 Å². The van der Waals surface area contributed by atoms with Gasteiger partial charge >= 0.3 is 0 Å². The van der Waals surface area contributed by atoms with Gasteiger partial charge in [0, 0.05) is 18.4 Å². The highest BCUT2D eigenvalue weighted by atomic mass is 35.5. The summed E-state index contributed by atoms with van der Waals surface area (Å²) in [5, 5.41) is 15.3. The molecule has 3 N–H and O–H groups in total. The van der Waals surface area contributed by atoms with Gasteiger partial charge in [-0.05, 0) is 62.5 Å². The minimum atomic E-state index is -1.38. The molecule has 9 heteroatoms. The van der Waals surface area contributed by atoms with E-state index in [0.717, 1.165) is 12.1 Å². The van der Waals surface area contributed by atoms with Gasteiger partial charge in [0.05, 0.1) is 23.2 Å². The van der Waals surface area contributed by atoms with E-state index in [2.05, 4.69) is 10.6 Å². The highest BCUT2D eigenvalue weighted by Gasteiger charge is 2.59. The fourth-order valence-corrected chi connectivity index (χ4v) is 5.98. The molecular weight excluding hydrogens is 433 g/mol. The number of carbonyl (C=O) groups is 2. The van der Waals surface area contributed by atoms with Crippen LogP contribution in [0, 0.1) is 23.0 Å². The van der Waals surface area contributed by atoms with Crippen molar-refractivity contribution < 1.29 is 27.9 Å². The maximum Gasteiger partial charge on any atom is 0.223 e. The number of benzene rings is 1. The lowest BCUT2D eigenvalue weighted by atomic mass is 9.74. The molecule has 0 radical (unpaired) electrons. The number of hydrogen-bond acceptors (Lipinski definition) is 3. The summed E-state index contributed by atoms with van der Waals surface area (Å²) in [6.45, 7) is 1.32. The minimum absolute atomic E-state index is 0.115. The average molecular weight is 459 g/mol. The number of rotatable bonds is 5. The molecule has 5 nitrogen and oxygen atoms in total. The van der Waals surface area contributed by atoms with Crippen LogP contribution in [0.5, 0.6) is 0 Å². The van der Waals surface area contributed by atoms with E-state index in [0.29, 0.717) is 12.8 Å². The summed E-state index contributed by atoms with van der Waals surface area (Å²) >= 11 is 5.91. The first-order valence-corrected chi connectivity index (χ1v) is 11.0. The Hall–Kier alpha value is -1.80. The summed E-state index contributed by atoms with van der Waals surface area (Å²) in [6, 6.07) is 0.520. The number of carbonyl (C=O) groups excluding carboxylic acids is 2. The van der Waals surface area contributed by atoms with Crippen LogP contribution in [0.25, 0.3) is 0 Å². The maximum atomic E-state index is 15.0. The first kappa shape index (κ1) is 22.4. The van der Waals surface area contributed by atoms with Crippen LogP contribution in [0.15, 0.2) is 12.1 Å². The lowest BCUT2D eigenvalue weighted by molar-refractivity contribution is -0.127. The fourth-order valence-electron chi connectivity index (χ4n) is 5.82. The molecule has 3 saturated carbocycles. The Kier molecular flexibility index (Phi) is 5.75. The number of halogens is 4. The number of aliphatic hydroxyl groups excluding tert-OH is 1. The van der Waals surface area contributed by atoms with E-state index < -0.39 is 52.7 Å². The second-order valence-electron chi connectivity index (χ2n) is 9.43. The van der Waals surface area contributed by atoms with Crippen LogP contribution in [-0.4, -0.2) is 34.7 Å². The topological polar surface area (TPSA) is 78.4 Å². The highest BCUT2D eigenvalue weighted by Crippen LogP contribution is 2.63. The molecule has 4 rings (SSSR count). The van der Waals surface area contributed by atoms with Crippen LogP contribution in [0.2, 0.25) is 5.02 Å². The van der Waals surface area contributed by atoms with Gasteiger partial charge in [-0.15, -0.1) is 0 Å². The van der Waals surface area contributed by atoms with Crippen molar-refractivity contribution in [1.82, 2.24) is 10.6 Å². The predicted octanol–water partition coefficient (Wildman–Crippen LogP) is 3.72. The van der Waals surface area contributed by atoms with E-state index in [-0.39, 0.29) is 48.6 Å². The Morgan fingerprint density at radius 2 is 1.87 bits per heavy atom. The van der Waals surface area contributed by atoms with E-state index in [1.807, 2.05) is 0 Å². The Morgan fingerprint density at radius 3 is 2.45 bits per heavy atom. The molecule has 1 aromatic carbocycles. The summed E-state index contributed by atoms with van der Waals surface area (Å²) in [5.41, 5.74) is -2.52. The number of alkyl halides is 1. The second-order valence-corrected chi connectivity index (χ2v) is 9.84. The average Bonchev–Trinajstić information content (AvgIpc) is 3.35. The Morgan fingerprint density at radius 1 is 1.19 bits per heavy atom. The van der Waals surface area contributed by atoms with Crippen LogP contribution in [0.3, 0.4) is 0 Å². The zero-order valence-corrected chi connectivity index (χ0v) is 17.9. The summed E-state index contributed by atoms with van der Waals surface area (Å²) < 4.78 is 44.7. The van der Waals surface area contributed by atoms with Gasteiger partial charge in [-0.2, -0.15) is 0 Å². The first-order chi connectivity index (χ1) is 14.5. The molecule has 2 bridgehead atoms. The van der Waals surface area contributed by atoms with E-state index in [9.17, 15) is 27.9 Å². The second kappa shape index (κ2) is 7.96. The van der Waals surface area contributed by atoms with Crippen molar-refractivity contribution in [2.24, 2.45) is 11.3 Å². The molecule has 31 heavy (non-hydrogen) atoms. The molecule has 3 aliphatic rings. The quantitative estimate of drug-likeness (QED) is 0.588. The molecule has 0 aliphatic heterocycles. The Balaban J connectivity index is 1.63. The zero-order chi connectivity index (χ0) is 22.6. The monoisotopic (exact) mass is 458 g/mol. The lowest BCUT2D eigenvalue weighted by Crippen LogP contribution is -2.42. The maximum absolute atomic E-state index is 15.0. The van der Waals surface area contributed by atoms with Crippen LogP contribution >= 0.6 is 11.6 Å². The molecule has 1 unspecified atom stereocenters. The van der Waals surface area contributed by atoms with E-state index in [1.54, 1.807) is 0 Å². The van der Waals surface area contributed by atoms with E-state index in [4.69, 9.17) is 11.6 Å². The smallest absolute Gasteiger partial charge is 0.223 e. The van der Waals surface area contributed by atoms with Crippen LogP contribution in [0.4, 0.5) is 13.2 Å². The minimum Gasteiger partial charge on any atom is -0.391 e. The zero-order valence-electron chi connectivity index (χ0n) is 17.2. The Labute approximate surface area is 183 Å². The van der Waals surface area contributed by atoms with Gasteiger partial charge in [0.25, 0.3) is 0 Å². The molecule has 0 saturated heterocycles. The van der Waals surface area contributed by atoms with Gasteiger partial charge in [-0.3, -0.25) is 9.59 Å². The van der Waals surface area contributed by atoms with Gasteiger partial charge in [0.2, 0.25) is 11.8 Å². The normalized spacial score (nSPS) is 35.2. The van der Waals surface area contributed by atoms with Crippen molar-refractivity contribution in [3.63, 3.8) is 0 Å². The van der Waals surface area contributed by atoms with Crippen LogP contribution < -0.4 is 10.6 Å². The largest absolute Gasteiger partial charge is 0.391 e. The van der Waals surface area contributed by atoms with Gasteiger partial charge in [0.1, 0.15) is 17.3 Å². The standard InChI is InChI=1S/C22H26ClF3N2O3/c1-11(29)27-15-8-12(9-16(15)30)20(31)28-19(17-14(24)3-2-13(23)18(17)25)21-4-6-22(26,10-21)7-5-21/h2-3,12,15-16,19,30H,4-10H2,1H3,(H,27,29)(H,28,31)/t12-,15-,16-,19?,21?,22?/m0/s1. The molecule has 1 aromatic rings.